The molecule has 0 bridgehead atoms. The number of halogens is 1. The second-order valence-electron chi connectivity index (χ2n) is 1.37. The van der Waals surface area contributed by atoms with E-state index in [1.807, 2.05) is 6.07 Å². The van der Waals surface area contributed by atoms with Gasteiger partial charge in [-0.25, -0.2) is 6.07 Å². The second kappa shape index (κ2) is 6.92. The molecule has 0 saturated heterocycles. The molecule has 0 aliphatic heterocycles. The van der Waals surface area contributed by atoms with Crippen LogP contribution in [0.25, 0.3) is 0 Å². The molecule has 0 aliphatic rings. The molecule has 46 valence electrons. The van der Waals surface area contributed by atoms with E-state index in [9.17, 15) is 0 Å². The van der Waals surface area contributed by atoms with Crippen molar-refractivity contribution in [2.45, 2.75) is 13.3 Å². The van der Waals surface area contributed by atoms with Gasteiger partial charge in [-0.15, -0.1) is 10.3 Å². The Kier molecular flexibility index (Phi) is 7.53. The van der Waals surface area contributed by atoms with Crippen LogP contribution in [0.5, 0.6) is 0 Å². The molecular formula is C6H7BrSZn. The molecule has 1 heterocycles. The molecule has 1 rings (SSSR count). The van der Waals surface area contributed by atoms with Gasteiger partial charge in [-0.05, 0) is 0 Å². The fourth-order valence-electron chi connectivity index (χ4n) is 0.461. The molecule has 0 spiro atoms. The van der Waals surface area contributed by atoms with Crippen LogP contribution in [0.1, 0.15) is 11.8 Å². The molecule has 0 aromatic carbocycles. The van der Waals surface area contributed by atoms with E-state index in [1.54, 1.807) is 11.3 Å². The minimum absolute atomic E-state index is 1.15. The Labute approximate surface area is 76.7 Å². The van der Waals surface area contributed by atoms with Gasteiger partial charge in [-0.1, -0.05) is 13.3 Å². The van der Waals surface area contributed by atoms with Gasteiger partial charge >= 0.3 is 30.0 Å². The van der Waals surface area contributed by atoms with Crippen molar-refractivity contribution in [2.24, 2.45) is 0 Å². The number of rotatable bonds is 1. The number of hydrogen-bond donors (Lipinski definition) is 0. The molecule has 0 amide bonds. The summed E-state index contributed by atoms with van der Waals surface area (Å²) in [5, 5.41) is 3.02. The minimum atomic E-state index is 1.15. The second-order valence-corrected chi connectivity index (χ2v) is 2.34. The van der Waals surface area contributed by atoms with Crippen LogP contribution in [0.15, 0.2) is 12.1 Å². The standard InChI is InChI=1S/C6H7S.BrH.Zn/c1-2-6-4-3-5-7-6;;/h3-4H,2H2,1H3;1H;/q-1;;+2/p-1. The Balaban J connectivity index is 0.000000291. The van der Waals surface area contributed by atoms with E-state index in [2.05, 4.69) is 32.0 Å². The van der Waals surface area contributed by atoms with Gasteiger partial charge in [0, 0.05) is 0 Å². The van der Waals surface area contributed by atoms with Crippen LogP contribution in [0, 0.1) is 5.38 Å². The Morgan fingerprint density at radius 2 is 2.44 bits per heavy atom. The van der Waals surface area contributed by atoms with Crippen molar-refractivity contribution in [2.75, 3.05) is 0 Å². The molecule has 3 heteroatoms. The molecule has 1 aromatic rings. The molecule has 0 atom stereocenters. The third-order valence-corrected chi connectivity index (χ3v) is 1.82. The fraction of sp³-hybridized carbons (Fsp3) is 0.333. The van der Waals surface area contributed by atoms with Crippen LogP contribution >= 0.6 is 25.0 Å². The SMILES string of the molecule is CCc1cc[c-]s1.[Zn+][Br]. The third kappa shape index (κ3) is 4.24. The summed E-state index contributed by atoms with van der Waals surface area (Å²) in [4.78, 5) is 1.42. The van der Waals surface area contributed by atoms with E-state index in [1.165, 1.54) is 21.2 Å². The zero-order chi connectivity index (χ0) is 7.11. The van der Waals surface area contributed by atoms with Crippen LogP contribution in [-0.4, -0.2) is 0 Å². The van der Waals surface area contributed by atoms with E-state index < -0.39 is 0 Å². The van der Waals surface area contributed by atoms with Crippen molar-refractivity contribution in [1.29, 1.82) is 0 Å². The quantitative estimate of drug-likeness (QED) is 0.535. The van der Waals surface area contributed by atoms with Crippen LogP contribution < -0.4 is 0 Å². The first-order valence-electron chi connectivity index (χ1n) is 2.65. The molecule has 1 aromatic heterocycles. The van der Waals surface area contributed by atoms with Crippen LogP contribution in [0.4, 0.5) is 0 Å². The molecule has 0 unspecified atom stereocenters. The zero-order valence-corrected chi connectivity index (χ0v) is 10.7. The van der Waals surface area contributed by atoms with E-state index in [0.717, 1.165) is 6.42 Å². The van der Waals surface area contributed by atoms with Gasteiger partial charge in [0.25, 0.3) is 0 Å². The van der Waals surface area contributed by atoms with Gasteiger partial charge < -0.3 is 11.3 Å². The van der Waals surface area contributed by atoms with E-state index in [0.29, 0.717) is 0 Å². The molecule has 0 saturated carbocycles. The van der Waals surface area contributed by atoms with Gasteiger partial charge in [0.2, 0.25) is 0 Å². The Morgan fingerprint density at radius 1 is 1.78 bits per heavy atom. The number of hydrogen-bond acceptors (Lipinski definition) is 1. The van der Waals surface area contributed by atoms with Gasteiger partial charge in [-0.3, -0.25) is 0 Å². The van der Waals surface area contributed by atoms with Gasteiger partial charge in [0.1, 0.15) is 0 Å². The Hall–Kier alpha value is 0.803. The topological polar surface area (TPSA) is 0 Å². The summed E-state index contributed by atoms with van der Waals surface area (Å²) < 4.78 is 0. The predicted molar refractivity (Wildman–Crippen MR) is 41.5 cm³/mol. The van der Waals surface area contributed by atoms with Crippen LogP contribution in [0.3, 0.4) is 0 Å². The monoisotopic (exact) mass is 254 g/mol. The predicted octanol–water partition coefficient (Wildman–Crippen LogP) is 2.95. The number of aryl methyl sites for hydroxylation is 1. The first-order chi connectivity index (χ1) is 4.43. The third-order valence-electron chi connectivity index (χ3n) is 0.876. The Morgan fingerprint density at radius 3 is 2.67 bits per heavy atom. The summed E-state index contributed by atoms with van der Waals surface area (Å²) in [5.74, 6) is 0. The van der Waals surface area contributed by atoms with Gasteiger partial charge in [-0.2, -0.15) is 6.07 Å². The summed E-state index contributed by atoms with van der Waals surface area (Å²) in [6.07, 6.45) is 1.15. The van der Waals surface area contributed by atoms with Crippen molar-refractivity contribution in [3.63, 3.8) is 0 Å². The summed E-state index contributed by atoms with van der Waals surface area (Å²) in [7, 11) is 0. The average Bonchev–Trinajstić information content (AvgIpc) is 2.43. The van der Waals surface area contributed by atoms with Crippen LogP contribution in [-0.2, 0) is 22.8 Å². The molecule has 0 fully saturated rings. The normalized spacial score (nSPS) is 8.00. The first kappa shape index (κ1) is 9.80. The van der Waals surface area contributed by atoms with Crippen molar-refractivity contribution >= 4 is 25.0 Å². The molecule has 9 heavy (non-hydrogen) atoms. The number of thiophene rings is 1. The van der Waals surface area contributed by atoms with Crippen molar-refractivity contribution in [3.05, 3.63) is 22.4 Å². The molecule has 0 aliphatic carbocycles. The van der Waals surface area contributed by atoms with Crippen molar-refractivity contribution in [1.82, 2.24) is 0 Å². The maximum atomic E-state index is 3.06. The summed E-state index contributed by atoms with van der Waals surface area (Å²) in [5.41, 5.74) is 0. The van der Waals surface area contributed by atoms with E-state index >= 15 is 0 Å². The van der Waals surface area contributed by atoms with E-state index in [-0.39, 0.29) is 0 Å². The fourth-order valence-corrected chi connectivity index (χ4v) is 1.03. The van der Waals surface area contributed by atoms with Crippen molar-refractivity contribution in [3.8, 4) is 0 Å². The average molecular weight is 256 g/mol. The summed E-state index contributed by atoms with van der Waals surface area (Å²) >= 11 is 5.95. The molecular weight excluding hydrogens is 249 g/mol. The molecule has 0 N–H and O–H groups in total. The van der Waals surface area contributed by atoms with Crippen LogP contribution in [0.2, 0.25) is 0 Å². The van der Waals surface area contributed by atoms with Crippen molar-refractivity contribution < 1.29 is 16.3 Å². The summed E-state index contributed by atoms with van der Waals surface area (Å²) in [6, 6.07) is 4.06. The van der Waals surface area contributed by atoms with Gasteiger partial charge in [0.05, 0.1) is 0 Å². The molecule has 0 radical (unpaired) electrons. The first-order valence-corrected chi connectivity index (χ1v) is 10.4. The summed E-state index contributed by atoms with van der Waals surface area (Å²) in [6.45, 7) is 2.15. The maximum absolute atomic E-state index is 3.06. The van der Waals surface area contributed by atoms with Gasteiger partial charge in [0.15, 0.2) is 0 Å². The molecule has 0 nitrogen and oxygen atoms in total. The Bertz CT molecular complexity index is 128. The zero-order valence-electron chi connectivity index (χ0n) is 5.36. The van der Waals surface area contributed by atoms with E-state index in [4.69, 9.17) is 0 Å².